The molecule has 0 saturated heterocycles. The van der Waals surface area contributed by atoms with E-state index in [0.29, 0.717) is 17.0 Å². The summed E-state index contributed by atoms with van der Waals surface area (Å²) in [5.41, 5.74) is 4.53. The van der Waals surface area contributed by atoms with Crippen molar-refractivity contribution in [2.75, 3.05) is 13.1 Å². The Hall–Kier alpha value is -3.75. The zero-order chi connectivity index (χ0) is 25.2. The molecule has 8 heteroatoms. The molecule has 2 atom stereocenters. The third-order valence-corrected chi connectivity index (χ3v) is 5.73. The number of carbonyl (C=O) groups excluding carboxylic acids is 2. The number of aryl methyl sites for hydroxylation is 1. The molecular weight excluding hydrogens is 456 g/mol. The number of rotatable bonds is 10. The summed E-state index contributed by atoms with van der Waals surface area (Å²) >= 11 is 0. The van der Waals surface area contributed by atoms with E-state index in [1.54, 1.807) is 18.3 Å². The number of carbonyl (C=O) groups is 2. The van der Waals surface area contributed by atoms with Crippen LogP contribution in [0, 0.1) is 0 Å². The fourth-order valence-corrected chi connectivity index (χ4v) is 3.52. The van der Waals surface area contributed by atoms with Gasteiger partial charge in [-0.2, -0.15) is 0 Å². The van der Waals surface area contributed by atoms with Crippen LogP contribution in [0.4, 0.5) is 4.79 Å². The van der Waals surface area contributed by atoms with Crippen molar-refractivity contribution in [3.63, 3.8) is 0 Å². The van der Waals surface area contributed by atoms with Gasteiger partial charge in [-0.1, -0.05) is 56.8 Å². The molecule has 0 bridgehead atoms. The Morgan fingerprint density at radius 1 is 1.00 bits per heavy atom. The van der Waals surface area contributed by atoms with E-state index in [9.17, 15) is 19.9 Å². The zero-order valence-electron chi connectivity index (χ0n) is 20.0. The fraction of sp³-hybridized carbons (Fsp3) is 0.321. The number of urea groups is 1. The van der Waals surface area contributed by atoms with Gasteiger partial charge in [-0.3, -0.25) is 15.0 Å². The molecule has 36 heavy (non-hydrogen) atoms. The van der Waals surface area contributed by atoms with Gasteiger partial charge in [0.2, 0.25) is 0 Å². The lowest BCUT2D eigenvalue weighted by molar-refractivity contribution is -0.0578. The van der Waals surface area contributed by atoms with Crippen LogP contribution in [0.1, 0.15) is 42.9 Å². The molecule has 1 aromatic heterocycles. The summed E-state index contributed by atoms with van der Waals surface area (Å²) in [6.07, 6.45) is 2.16. The smallest absolute Gasteiger partial charge is 0.341 e. The maximum absolute atomic E-state index is 12.7. The van der Waals surface area contributed by atoms with Crippen molar-refractivity contribution >= 4 is 11.9 Å². The fourth-order valence-electron chi connectivity index (χ4n) is 3.52. The van der Waals surface area contributed by atoms with Crippen molar-refractivity contribution in [3.8, 4) is 11.1 Å². The molecule has 3 amide bonds. The lowest BCUT2D eigenvalue weighted by atomic mass is 10.0. The van der Waals surface area contributed by atoms with Gasteiger partial charge in [0.05, 0.1) is 18.7 Å². The van der Waals surface area contributed by atoms with E-state index in [4.69, 9.17) is 0 Å². The molecule has 0 unspecified atom stereocenters. The molecule has 3 aromatic rings. The normalized spacial score (nSPS) is 12.1. The number of aliphatic hydroxyl groups is 1. The molecule has 192 valence electrons. The molecule has 0 aliphatic carbocycles. The SMILES string of the molecule is C.CCc1ccc(-c2ccc(C(=O)N[C@H](CN(O)C(=O)NCCc3ccccn3)[C@@H](C)O)cc2)cc1. The van der Waals surface area contributed by atoms with Crippen LogP contribution in [0.3, 0.4) is 0 Å². The maximum Gasteiger partial charge on any atom is 0.341 e. The summed E-state index contributed by atoms with van der Waals surface area (Å²) in [4.78, 5) is 29.1. The first kappa shape index (κ1) is 28.5. The van der Waals surface area contributed by atoms with Crippen LogP contribution in [0.25, 0.3) is 11.1 Å². The Morgan fingerprint density at radius 2 is 1.64 bits per heavy atom. The molecule has 0 radical (unpaired) electrons. The second kappa shape index (κ2) is 14.0. The van der Waals surface area contributed by atoms with Crippen molar-refractivity contribution in [1.82, 2.24) is 20.7 Å². The lowest BCUT2D eigenvalue weighted by Crippen LogP contribution is -2.52. The zero-order valence-corrected chi connectivity index (χ0v) is 20.0. The first-order valence-electron chi connectivity index (χ1n) is 11.7. The standard InChI is InChI=1S/C27H32N4O4.CH4/c1-3-20-7-9-21(10-8-20)22-11-13-23(14-12-22)26(33)30-25(19(2)32)18-31(35)27(34)29-17-15-24-6-4-5-16-28-24;/h4-14,16,19,25,32,35H,3,15,17-18H2,1-2H3,(H,29,34)(H,30,33);1H4/t19-,25-;/m1./s1. The van der Waals surface area contributed by atoms with Crippen LogP contribution in [-0.4, -0.2) is 57.5 Å². The second-order valence-corrected chi connectivity index (χ2v) is 8.33. The molecule has 1 heterocycles. The predicted molar refractivity (Wildman–Crippen MR) is 141 cm³/mol. The molecule has 0 aliphatic rings. The van der Waals surface area contributed by atoms with Crippen molar-refractivity contribution in [2.45, 2.75) is 46.3 Å². The molecule has 8 nitrogen and oxygen atoms in total. The molecule has 2 aromatic carbocycles. The number of hydroxylamine groups is 2. The minimum atomic E-state index is -0.994. The minimum absolute atomic E-state index is 0. The highest BCUT2D eigenvalue weighted by atomic mass is 16.5. The van der Waals surface area contributed by atoms with Crippen LogP contribution in [0.15, 0.2) is 72.9 Å². The number of aliphatic hydroxyl groups excluding tert-OH is 1. The number of amides is 3. The second-order valence-electron chi connectivity index (χ2n) is 8.33. The van der Waals surface area contributed by atoms with Crippen LogP contribution in [-0.2, 0) is 12.8 Å². The number of nitrogens with zero attached hydrogens (tertiary/aromatic N) is 2. The topological polar surface area (TPSA) is 115 Å². The highest BCUT2D eigenvalue weighted by molar-refractivity contribution is 5.95. The Bertz CT molecular complexity index is 1090. The Morgan fingerprint density at radius 3 is 2.19 bits per heavy atom. The summed E-state index contributed by atoms with van der Waals surface area (Å²) < 4.78 is 0. The van der Waals surface area contributed by atoms with Gasteiger partial charge in [-0.25, -0.2) is 9.86 Å². The molecular formula is C28H36N4O4. The summed E-state index contributed by atoms with van der Waals surface area (Å²) in [7, 11) is 0. The minimum Gasteiger partial charge on any atom is -0.391 e. The van der Waals surface area contributed by atoms with Crippen LogP contribution >= 0.6 is 0 Å². The third-order valence-electron chi connectivity index (χ3n) is 5.73. The predicted octanol–water partition coefficient (Wildman–Crippen LogP) is 4.07. The van der Waals surface area contributed by atoms with Gasteiger partial charge in [0.1, 0.15) is 0 Å². The highest BCUT2D eigenvalue weighted by Gasteiger charge is 2.23. The van der Waals surface area contributed by atoms with Crippen molar-refractivity contribution in [1.29, 1.82) is 0 Å². The lowest BCUT2D eigenvalue weighted by Gasteiger charge is -2.26. The molecule has 0 fully saturated rings. The van der Waals surface area contributed by atoms with Gasteiger partial charge in [0.15, 0.2) is 0 Å². The summed E-state index contributed by atoms with van der Waals surface area (Å²) in [5.74, 6) is -0.409. The van der Waals surface area contributed by atoms with Gasteiger partial charge in [-0.15, -0.1) is 0 Å². The summed E-state index contributed by atoms with van der Waals surface area (Å²) in [6, 6.07) is 19.3. The largest absolute Gasteiger partial charge is 0.391 e. The van der Waals surface area contributed by atoms with E-state index >= 15 is 0 Å². The van der Waals surface area contributed by atoms with E-state index < -0.39 is 24.1 Å². The van der Waals surface area contributed by atoms with E-state index in [2.05, 4.69) is 46.8 Å². The molecule has 0 saturated carbocycles. The van der Waals surface area contributed by atoms with Gasteiger partial charge >= 0.3 is 6.03 Å². The van der Waals surface area contributed by atoms with Crippen molar-refractivity contribution in [3.05, 3.63) is 89.7 Å². The third kappa shape index (κ3) is 8.18. The maximum atomic E-state index is 12.7. The van der Waals surface area contributed by atoms with Crippen LogP contribution in [0.2, 0.25) is 0 Å². The first-order valence-corrected chi connectivity index (χ1v) is 11.7. The summed E-state index contributed by atoms with van der Waals surface area (Å²) in [5, 5.41) is 26.0. The number of aromatic nitrogens is 1. The molecule has 0 aliphatic heterocycles. The Balaban J connectivity index is 0.00000456. The number of hydrogen-bond donors (Lipinski definition) is 4. The summed E-state index contributed by atoms with van der Waals surface area (Å²) in [6.45, 7) is 3.60. The van der Waals surface area contributed by atoms with E-state index in [-0.39, 0.29) is 20.5 Å². The van der Waals surface area contributed by atoms with Crippen molar-refractivity contribution < 1.29 is 19.9 Å². The van der Waals surface area contributed by atoms with Crippen LogP contribution in [0.5, 0.6) is 0 Å². The average molecular weight is 493 g/mol. The average Bonchev–Trinajstić information content (AvgIpc) is 2.88. The van der Waals surface area contributed by atoms with Gasteiger partial charge in [0.25, 0.3) is 5.91 Å². The van der Waals surface area contributed by atoms with Gasteiger partial charge in [-0.05, 0) is 54.3 Å². The first-order chi connectivity index (χ1) is 16.9. The van der Waals surface area contributed by atoms with E-state index in [1.807, 2.05) is 30.3 Å². The Kier molecular flexibility index (Phi) is 11.1. The van der Waals surface area contributed by atoms with Gasteiger partial charge < -0.3 is 15.7 Å². The van der Waals surface area contributed by atoms with E-state index in [1.165, 1.54) is 12.5 Å². The van der Waals surface area contributed by atoms with Crippen molar-refractivity contribution in [2.24, 2.45) is 0 Å². The molecule has 4 N–H and O–H groups in total. The highest BCUT2D eigenvalue weighted by Crippen LogP contribution is 2.20. The number of pyridine rings is 1. The van der Waals surface area contributed by atoms with E-state index in [0.717, 1.165) is 23.2 Å². The van der Waals surface area contributed by atoms with Gasteiger partial charge in [0, 0.05) is 30.4 Å². The molecule has 0 spiro atoms. The van der Waals surface area contributed by atoms with Crippen LogP contribution < -0.4 is 10.6 Å². The monoisotopic (exact) mass is 492 g/mol. The Labute approximate surface area is 213 Å². The number of nitrogens with one attached hydrogen (secondary N) is 2. The number of benzene rings is 2. The molecule has 3 rings (SSSR count). The quantitative estimate of drug-likeness (QED) is 0.252. The number of hydrogen-bond acceptors (Lipinski definition) is 5.